The molecule has 1 aliphatic carbocycles. The molecule has 6 rings (SSSR count). The third kappa shape index (κ3) is 4.39. The average molecular weight is 522 g/mol. The van der Waals surface area contributed by atoms with Gasteiger partial charge >= 0.3 is 0 Å². The van der Waals surface area contributed by atoms with Crippen molar-refractivity contribution in [2.24, 2.45) is 5.41 Å². The predicted molar refractivity (Wildman–Crippen MR) is 143 cm³/mol. The lowest BCUT2D eigenvalue weighted by molar-refractivity contribution is -0.132. The highest BCUT2D eigenvalue weighted by molar-refractivity contribution is 5.94. The molecule has 1 atom stereocenters. The first-order chi connectivity index (χ1) is 18.4. The van der Waals surface area contributed by atoms with Crippen LogP contribution in [0.2, 0.25) is 0 Å². The molecule has 0 saturated carbocycles. The number of hydrogen-bond acceptors (Lipinski definition) is 6. The fourth-order valence-electron chi connectivity index (χ4n) is 6.74. The Labute approximate surface area is 224 Å². The van der Waals surface area contributed by atoms with Gasteiger partial charge in [0.1, 0.15) is 6.54 Å². The second kappa shape index (κ2) is 10.0. The number of aliphatic hydroxyl groups excluding tert-OH is 1. The highest BCUT2D eigenvalue weighted by Gasteiger charge is 2.46. The normalized spacial score (nSPS) is 22.8. The molecule has 3 fully saturated rings. The Morgan fingerprint density at radius 1 is 1.05 bits per heavy atom. The van der Waals surface area contributed by atoms with Gasteiger partial charge in [-0.2, -0.15) is 5.10 Å². The van der Waals surface area contributed by atoms with Gasteiger partial charge in [-0.3, -0.25) is 14.3 Å². The topological polar surface area (TPSA) is 91.1 Å². The number of aliphatic hydroxyl groups is 1. The number of aromatic nitrogens is 2. The lowest BCUT2D eigenvalue weighted by Crippen LogP contribution is -2.50. The summed E-state index contributed by atoms with van der Waals surface area (Å²) in [6.45, 7) is 9.65. The van der Waals surface area contributed by atoms with Crippen LogP contribution >= 0.6 is 0 Å². The van der Waals surface area contributed by atoms with Gasteiger partial charge in [0.2, 0.25) is 5.91 Å². The Hall–Kier alpha value is -2.91. The molecular formula is C29H39N5O4. The largest absolute Gasteiger partial charge is 0.390 e. The van der Waals surface area contributed by atoms with E-state index in [0.717, 1.165) is 56.5 Å². The Morgan fingerprint density at radius 2 is 1.82 bits per heavy atom. The zero-order valence-corrected chi connectivity index (χ0v) is 22.6. The van der Waals surface area contributed by atoms with Crippen LogP contribution in [0.3, 0.4) is 0 Å². The number of carbonyl (C=O) groups is 2. The molecule has 0 radical (unpaired) electrons. The monoisotopic (exact) mass is 521 g/mol. The summed E-state index contributed by atoms with van der Waals surface area (Å²) in [5.74, 6) is 0.0247. The zero-order valence-electron chi connectivity index (χ0n) is 22.6. The summed E-state index contributed by atoms with van der Waals surface area (Å²) in [5.41, 5.74) is 6.21. The number of hydrogen-bond donors (Lipinski definition) is 1. The fourth-order valence-corrected chi connectivity index (χ4v) is 6.74. The minimum atomic E-state index is -0.447. The summed E-state index contributed by atoms with van der Waals surface area (Å²) in [6.07, 6.45) is 3.73. The van der Waals surface area contributed by atoms with Crippen molar-refractivity contribution in [3.8, 4) is 0 Å². The lowest BCUT2D eigenvalue weighted by Gasteiger charge is -2.40. The van der Waals surface area contributed by atoms with Crippen LogP contribution in [0.15, 0.2) is 18.2 Å². The molecule has 1 aromatic heterocycles. The van der Waals surface area contributed by atoms with E-state index in [0.29, 0.717) is 45.1 Å². The van der Waals surface area contributed by atoms with Gasteiger partial charge in [0.15, 0.2) is 5.69 Å². The summed E-state index contributed by atoms with van der Waals surface area (Å²) in [4.78, 5) is 33.0. The van der Waals surface area contributed by atoms with Gasteiger partial charge < -0.3 is 24.5 Å². The van der Waals surface area contributed by atoms with E-state index in [9.17, 15) is 14.7 Å². The number of amides is 2. The predicted octanol–water partition coefficient (Wildman–Crippen LogP) is 1.95. The highest BCUT2D eigenvalue weighted by atomic mass is 16.5. The van der Waals surface area contributed by atoms with Gasteiger partial charge in [0, 0.05) is 61.6 Å². The summed E-state index contributed by atoms with van der Waals surface area (Å²) < 4.78 is 7.31. The Kier molecular flexibility index (Phi) is 6.68. The molecule has 4 heterocycles. The number of piperazine rings is 1. The summed E-state index contributed by atoms with van der Waals surface area (Å²) in [5, 5.41) is 15.1. The molecule has 0 bridgehead atoms. The van der Waals surface area contributed by atoms with Crippen molar-refractivity contribution < 1.29 is 19.4 Å². The van der Waals surface area contributed by atoms with Crippen LogP contribution in [0.4, 0.5) is 5.69 Å². The first-order valence-electron chi connectivity index (χ1n) is 14.1. The first kappa shape index (κ1) is 25.4. The SMILES string of the molecule is Cc1cccc(N2CCN(C(=O)Cn3nc(C(=O)N4CCC5(CC4)COCC5O)c4c3CCC4)CC2)c1C. The number of rotatable bonds is 4. The van der Waals surface area contributed by atoms with E-state index >= 15 is 0 Å². The Morgan fingerprint density at radius 3 is 2.53 bits per heavy atom. The molecule has 9 nitrogen and oxygen atoms in total. The molecule has 1 N–H and O–H groups in total. The van der Waals surface area contributed by atoms with E-state index in [1.807, 2.05) is 9.80 Å². The van der Waals surface area contributed by atoms with Crippen molar-refractivity contribution in [2.45, 2.75) is 58.6 Å². The summed E-state index contributed by atoms with van der Waals surface area (Å²) >= 11 is 0. The fraction of sp³-hybridized carbons (Fsp3) is 0.621. The van der Waals surface area contributed by atoms with Gasteiger partial charge in [-0.25, -0.2) is 0 Å². The van der Waals surface area contributed by atoms with Crippen molar-refractivity contribution in [3.05, 3.63) is 46.3 Å². The number of carbonyl (C=O) groups excluding carboxylic acids is 2. The van der Waals surface area contributed by atoms with E-state index in [2.05, 4.69) is 36.9 Å². The number of aryl methyl sites for hydroxylation is 1. The van der Waals surface area contributed by atoms with Crippen molar-refractivity contribution in [3.63, 3.8) is 0 Å². The average Bonchev–Trinajstić information content (AvgIpc) is 3.63. The van der Waals surface area contributed by atoms with Crippen LogP contribution in [0.5, 0.6) is 0 Å². The van der Waals surface area contributed by atoms with Crippen LogP contribution in [-0.4, -0.2) is 95.1 Å². The van der Waals surface area contributed by atoms with Crippen LogP contribution in [0.1, 0.15) is 52.1 Å². The molecule has 1 aromatic carbocycles. The number of piperidine rings is 1. The molecule has 4 aliphatic rings. The molecular weight excluding hydrogens is 482 g/mol. The Balaban J connectivity index is 1.10. The maximum atomic E-state index is 13.5. The molecule has 204 valence electrons. The van der Waals surface area contributed by atoms with Gasteiger partial charge in [-0.15, -0.1) is 0 Å². The number of nitrogens with zero attached hydrogens (tertiary/aromatic N) is 5. The molecule has 1 unspecified atom stereocenters. The number of anilines is 1. The number of benzene rings is 1. The third-order valence-electron chi connectivity index (χ3n) is 9.46. The van der Waals surface area contributed by atoms with E-state index in [1.165, 1.54) is 16.8 Å². The first-order valence-corrected chi connectivity index (χ1v) is 14.1. The van der Waals surface area contributed by atoms with Crippen molar-refractivity contribution in [1.82, 2.24) is 19.6 Å². The van der Waals surface area contributed by atoms with Crippen molar-refractivity contribution in [1.29, 1.82) is 0 Å². The van der Waals surface area contributed by atoms with Gasteiger partial charge in [0.25, 0.3) is 5.91 Å². The molecule has 2 aromatic rings. The van der Waals surface area contributed by atoms with Crippen molar-refractivity contribution >= 4 is 17.5 Å². The van der Waals surface area contributed by atoms with Crippen LogP contribution in [-0.2, 0) is 28.9 Å². The minimum Gasteiger partial charge on any atom is -0.390 e. The van der Waals surface area contributed by atoms with E-state index in [1.54, 1.807) is 4.68 Å². The quantitative estimate of drug-likeness (QED) is 0.662. The standard InChI is InChI=1S/C29H39N5O4/c1-20-5-3-7-23(21(20)2)31-13-15-32(16-14-31)26(36)17-34-24-8-4-6-22(24)27(30-34)28(37)33-11-9-29(10-12-33)19-38-18-25(29)35/h3,5,7,25,35H,4,6,8-19H2,1-2H3. The second-order valence-electron chi connectivity index (χ2n) is 11.6. The van der Waals surface area contributed by atoms with E-state index in [-0.39, 0.29) is 23.8 Å². The number of fused-ring (bicyclic) bond motifs is 1. The Bertz CT molecular complexity index is 1220. The van der Waals surface area contributed by atoms with Gasteiger partial charge in [0.05, 0.1) is 19.3 Å². The highest BCUT2D eigenvalue weighted by Crippen LogP contribution is 2.40. The van der Waals surface area contributed by atoms with Crippen LogP contribution in [0, 0.1) is 19.3 Å². The van der Waals surface area contributed by atoms with E-state index < -0.39 is 6.10 Å². The maximum absolute atomic E-state index is 13.5. The van der Waals surface area contributed by atoms with Gasteiger partial charge in [-0.05, 0) is 63.1 Å². The van der Waals surface area contributed by atoms with Crippen LogP contribution < -0.4 is 4.90 Å². The summed E-state index contributed by atoms with van der Waals surface area (Å²) in [7, 11) is 0. The second-order valence-corrected chi connectivity index (χ2v) is 11.6. The van der Waals surface area contributed by atoms with Crippen LogP contribution in [0.25, 0.3) is 0 Å². The molecule has 3 aliphatic heterocycles. The molecule has 38 heavy (non-hydrogen) atoms. The number of likely N-dealkylation sites (tertiary alicyclic amines) is 1. The van der Waals surface area contributed by atoms with Crippen molar-refractivity contribution in [2.75, 3.05) is 57.4 Å². The smallest absolute Gasteiger partial charge is 0.274 e. The molecule has 9 heteroatoms. The molecule has 1 spiro atoms. The lowest BCUT2D eigenvalue weighted by atomic mass is 9.76. The molecule has 2 amide bonds. The molecule has 3 saturated heterocycles. The zero-order chi connectivity index (χ0) is 26.4. The minimum absolute atomic E-state index is 0.0419. The maximum Gasteiger partial charge on any atom is 0.274 e. The van der Waals surface area contributed by atoms with E-state index in [4.69, 9.17) is 9.84 Å². The van der Waals surface area contributed by atoms with Gasteiger partial charge in [-0.1, -0.05) is 12.1 Å². The summed E-state index contributed by atoms with van der Waals surface area (Å²) in [6, 6.07) is 6.40. The number of ether oxygens (including phenoxy) is 1. The third-order valence-corrected chi connectivity index (χ3v) is 9.46.